The van der Waals surface area contributed by atoms with E-state index < -0.39 is 41.4 Å². The van der Waals surface area contributed by atoms with Crippen LogP contribution in [0.25, 0.3) is 5.69 Å². The molecule has 0 radical (unpaired) electrons. The predicted molar refractivity (Wildman–Crippen MR) is 112 cm³/mol. The second kappa shape index (κ2) is 8.94. The SMILES string of the molecule is Cc1nc(C(=O)C(=O)O)sc1Oc1ccc(-n2ncn(Cc3c(F)cccc3F)c2=O)cc1F. The zero-order valence-corrected chi connectivity index (χ0v) is 18.0. The van der Waals surface area contributed by atoms with Crippen molar-refractivity contribution in [3.05, 3.63) is 86.9 Å². The highest BCUT2D eigenvalue weighted by Crippen LogP contribution is 2.33. The smallest absolute Gasteiger partial charge is 0.379 e. The van der Waals surface area contributed by atoms with Crippen LogP contribution in [0.5, 0.6) is 10.8 Å². The molecule has 34 heavy (non-hydrogen) atoms. The van der Waals surface area contributed by atoms with Gasteiger partial charge in [0.2, 0.25) is 5.06 Å². The Hall–Kier alpha value is -4.26. The molecule has 0 aliphatic heterocycles. The second-order valence-electron chi connectivity index (χ2n) is 6.90. The topological polar surface area (TPSA) is 116 Å². The van der Waals surface area contributed by atoms with Crippen molar-refractivity contribution >= 4 is 23.1 Å². The first-order valence-electron chi connectivity index (χ1n) is 9.46. The minimum absolute atomic E-state index is 0.0182. The number of Topliss-reactive ketones (excluding diaryl/α,β-unsaturated/α-hetero) is 1. The first-order valence-corrected chi connectivity index (χ1v) is 10.3. The average Bonchev–Trinajstić information content (AvgIpc) is 3.34. The van der Waals surface area contributed by atoms with Crippen LogP contribution in [0.2, 0.25) is 0 Å². The van der Waals surface area contributed by atoms with Crippen molar-refractivity contribution in [1.82, 2.24) is 19.3 Å². The van der Waals surface area contributed by atoms with Gasteiger partial charge in [-0.05, 0) is 31.2 Å². The molecule has 0 spiro atoms. The summed E-state index contributed by atoms with van der Waals surface area (Å²) in [5, 5.41) is 12.3. The fraction of sp³-hybridized carbons (Fsp3) is 0.0952. The van der Waals surface area contributed by atoms with Crippen molar-refractivity contribution in [1.29, 1.82) is 0 Å². The van der Waals surface area contributed by atoms with E-state index in [1.807, 2.05) is 0 Å². The van der Waals surface area contributed by atoms with Gasteiger partial charge in [-0.3, -0.25) is 9.36 Å². The molecular formula is C21H13F3N4O5S. The number of carboxylic acid groups (broad SMARTS) is 1. The Balaban J connectivity index is 1.58. The standard InChI is InChI=1S/C21H13F3N4O5S/c1-10-20(34-18(26-10)17(29)19(30)31)33-16-6-5-11(7-15(16)24)28-21(32)27(9-25-28)8-12-13(22)3-2-4-14(12)23/h2-7,9H,8H2,1H3,(H,30,31). The molecule has 2 aromatic heterocycles. The maximum Gasteiger partial charge on any atom is 0.379 e. The Kier molecular flexibility index (Phi) is 6.03. The summed E-state index contributed by atoms with van der Waals surface area (Å²) < 4.78 is 49.7. The molecule has 0 fully saturated rings. The van der Waals surface area contributed by atoms with Crippen LogP contribution < -0.4 is 10.4 Å². The van der Waals surface area contributed by atoms with Gasteiger partial charge in [-0.2, -0.15) is 9.78 Å². The molecule has 0 aliphatic carbocycles. The number of aryl methyl sites for hydroxylation is 1. The molecule has 0 saturated heterocycles. The summed E-state index contributed by atoms with van der Waals surface area (Å²) >= 11 is 0.646. The summed E-state index contributed by atoms with van der Waals surface area (Å²) in [5.74, 6) is -5.70. The Bertz CT molecular complexity index is 1470. The Morgan fingerprint density at radius 2 is 1.82 bits per heavy atom. The van der Waals surface area contributed by atoms with E-state index in [9.17, 15) is 27.6 Å². The molecule has 0 atom stereocenters. The van der Waals surface area contributed by atoms with Gasteiger partial charge in [0.15, 0.2) is 16.6 Å². The van der Waals surface area contributed by atoms with Crippen molar-refractivity contribution in [3.63, 3.8) is 0 Å². The molecular weight excluding hydrogens is 477 g/mol. The van der Waals surface area contributed by atoms with E-state index in [1.165, 1.54) is 25.1 Å². The van der Waals surface area contributed by atoms with Crippen LogP contribution in [0.1, 0.15) is 21.1 Å². The third-order valence-electron chi connectivity index (χ3n) is 4.63. The summed E-state index contributed by atoms with van der Waals surface area (Å²) in [6.07, 6.45) is 1.07. The summed E-state index contributed by atoms with van der Waals surface area (Å²) in [5.41, 5.74) is -0.871. The van der Waals surface area contributed by atoms with Gasteiger partial charge in [-0.15, -0.1) is 0 Å². The molecule has 4 aromatic rings. The number of ketones is 1. The van der Waals surface area contributed by atoms with E-state index in [4.69, 9.17) is 9.84 Å². The lowest BCUT2D eigenvalue weighted by Crippen LogP contribution is -2.24. The van der Waals surface area contributed by atoms with Crippen molar-refractivity contribution in [2.75, 3.05) is 0 Å². The van der Waals surface area contributed by atoms with E-state index in [0.717, 1.165) is 33.8 Å². The van der Waals surface area contributed by atoms with Gasteiger partial charge in [-0.25, -0.2) is 27.7 Å². The quantitative estimate of drug-likeness (QED) is 0.312. The number of hydrogen-bond donors (Lipinski definition) is 1. The minimum Gasteiger partial charge on any atom is -0.475 e. The van der Waals surface area contributed by atoms with Crippen LogP contribution in [0.4, 0.5) is 13.2 Å². The molecule has 0 unspecified atom stereocenters. The maximum atomic E-state index is 14.7. The zero-order valence-electron chi connectivity index (χ0n) is 17.2. The molecule has 0 aliphatic rings. The molecule has 13 heteroatoms. The molecule has 0 amide bonds. The van der Waals surface area contributed by atoms with Crippen LogP contribution >= 0.6 is 11.3 Å². The molecule has 2 heterocycles. The van der Waals surface area contributed by atoms with E-state index >= 15 is 0 Å². The lowest BCUT2D eigenvalue weighted by atomic mass is 10.2. The van der Waals surface area contributed by atoms with Gasteiger partial charge in [0, 0.05) is 11.6 Å². The number of benzene rings is 2. The number of nitrogens with zero attached hydrogens (tertiary/aromatic N) is 4. The minimum atomic E-state index is -1.68. The Morgan fingerprint density at radius 3 is 2.47 bits per heavy atom. The van der Waals surface area contributed by atoms with Gasteiger partial charge in [0.05, 0.1) is 17.9 Å². The van der Waals surface area contributed by atoms with E-state index in [2.05, 4.69) is 10.1 Å². The number of halogens is 3. The third-order valence-corrected chi connectivity index (χ3v) is 5.66. The number of carbonyl (C=O) groups excluding carboxylic acids is 1. The lowest BCUT2D eigenvalue weighted by molar-refractivity contribution is -0.131. The molecule has 4 rings (SSSR count). The van der Waals surface area contributed by atoms with Gasteiger partial charge in [0.25, 0.3) is 5.78 Å². The van der Waals surface area contributed by atoms with Crippen molar-refractivity contribution < 1.29 is 32.6 Å². The monoisotopic (exact) mass is 490 g/mol. The van der Waals surface area contributed by atoms with Crippen LogP contribution in [0.15, 0.2) is 47.5 Å². The number of thiazole rings is 1. The van der Waals surface area contributed by atoms with Crippen LogP contribution in [-0.2, 0) is 11.3 Å². The first-order chi connectivity index (χ1) is 16.2. The summed E-state index contributed by atoms with van der Waals surface area (Å²) in [6.45, 7) is 1.05. The van der Waals surface area contributed by atoms with Gasteiger partial charge in [-0.1, -0.05) is 17.4 Å². The second-order valence-corrected chi connectivity index (χ2v) is 7.86. The van der Waals surface area contributed by atoms with Gasteiger partial charge in [0.1, 0.15) is 18.0 Å². The number of carbonyl (C=O) groups is 2. The summed E-state index contributed by atoms with van der Waals surface area (Å²) in [6, 6.07) is 6.80. The molecule has 174 valence electrons. The molecule has 0 bridgehead atoms. The largest absolute Gasteiger partial charge is 0.475 e. The highest BCUT2D eigenvalue weighted by molar-refractivity contribution is 7.16. The van der Waals surface area contributed by atoms with Crippen molar-refractivity contribution in [2.24, 2.45) is 0 Å². The van der Waals surface area contributed by atoms with Crippen molar-refractivity contribution in [2.45, 2.75) is 13.5 Å². The number of aliphatic carboxylic acids is 1. The average molecular weight is 490 g/mol. The molecule has 2 aromatic carbocycles. The number of hydrogen-bond acceptors (Lipinski definition) is 7. The normalized spacial score (nSPS) is 10.9. The number of rotatable bonds is 7. The zero-order chi connectivity index (χ0) is 24.6. The highest BCUT2D eigenvalue weighted by Gasteiger charge is 2.22. The fourth-order valence-electron chi connectivity index (χ4n) is 2.94. The maximum absolute atomic E-state index is 14.7. The number of ether oxygens (including phenoxy) is 1. The van der Waals surface area contributed by atoms with Crippen LogP contribution in [0.3, 0.4) is 0 Å². The van der Waals surface area contributed by atoms with Crippen LogP contribution in [0, 0.1) is 24.4 Å². The van der Waals surface area contributed by atoms with Gasteiger partial charge >= 0.3 is 11.7 Å². The predicted octanol–water partition coefficient (Wildman–Crippen LogP) is 3.32. The van der Waals surface area contributed by atoms with Crippen molar-refractivity contribution in [3.8, 4) is 16.5 Å². The molecule has 0 saturated carbocycles. The Labute approximate surface area is 192 Å². The highest BCUT2D eigenvalue weighted by atomic mass is 32.1. The lowest BCUT2D eigenvalue weighted by Gasteiger charge is -2.07. The van der Waals surface area contributed by atoms with Crippen LogP contribution in [-0.4, -0.2) is 36.2 Å². The molecule has 1 N–H and O–H groups in total. The first kappa shape index (κ1) is 22.9. The molecule has 9 nitrogen and oxygen atoms in total. The van der Waals surface area contributed by atoms with Gasteiger partial charge < -0.3 is 9.84 Å². The summed E-state index contributed by atoms with van der Waals surface area (Å²) in [7, 11) is 0. The number of carboxylic acids is 1. The van der Waals surface area contributed by atoms with E-state index in [1.54, 1.807) is 0 Å². The number of aromatic nitrogens is 4. The van der Waals surface area contributed by atoms with E-state index in [0.29, 0.717) is 11.3 Å². The Morgan fingerprint density at radius 1 is 1.12 bits per heavy atom. The third kappa shape index (κ3) is 4.32. The van der Waals surface area contributed by atoms with E-state index in [-0.39, 0.29) is 32.8 Å². The fourth-order valence-corrected chi connectivity index (χ4v) is 3.81. The summed E-state index contributed by atoms with van der Waals surface area (Å²) in [4.78, 5) is 38.8.